The Bertz CT molecular complexity index is 1200. The minimum Gasteiger partial charge on any atom is -0.477 e. The van der Waals surface area contributed by atoms with E-state index in [-0.39, 0.29) is 11.3 Å². The Kier molecular flexibility index (Phi) is 4.12. The van der Waals surface area contributed by atoms with E-state index in [4.69, 9.17) is 5.11 Å². The van der Waals surface area contributed by atoms with E-state index < -0.39 is 5.97 Å². The van der Waals surface area contributed by atoms with Gasteiger partial charge in [-0.25, -0.2) is 4.79 Å². The molecule has 134 valence electrons. The molecule has 2 aromatic carbocycles. The van der Waals surface area contributed by atoms with E-state index in [1.54, 1.807) is 16.7 Å². The number of aromatic carboxylic acids is 1. The molecular weight excluding hydrogens is 340 g/mol. The SMILES string of the molecule is Cc1cc(-c2ccc3[nH]c(C(=O)O)cc3c2)c(=O)n(Cc2ccccc2)c1. The summed E-state index contributed by atoms with van der Waals surface area (Å²) < 4.78 is 1.71. The van der Waals surface area contributed by atoms with Crippen molar-refractivity contribution in [2.24, 2.45) is 0 Å². The van der Waals surface area contributed by atoms with Crippen molar-refractivity contribution < 1.29 is 9.90 Å². The summed E-state index contributed by atoms with van der Waals surface area (Å²) in [6.07, 6.45) is 1.86. The molecule has 2 heterocycles. The van der Waals surface area contributed by atoms with Crippen LogP contribution >= 0.6 is 0 Å². The Labute approximate surface area is 155 Å². The summed E-state index contributed by atoms with van der Waals surface area (Å²) in [7, 11) is 0. The number of aryl methyl sites for hydroxylation is 1. The lowest BCUT2D eigenvalue weighted by atomic mass is 10.0. The molecule has 2 N–H and O–H groups in total. The molecule has 0 spiro atoms. The minimum atomic E-state index is -1.01. The lowest BCUT2D eigenvalue weighted by Crippen LogP contribution is -2.22. The number of aromatic amines is 1. The van der Waals surface area contributed by atoms with Crippen LogP contribution in [0.3, 0.4) is 0 Å². The number of carboxylic acids is 1. The zero-order chi connectivity index (χ0) is 19.0. The fourth-order valence-electron chi connectivity index (χ4n) is 3.31. The van der Waals surface area contributed by atoms with Gasteiger partial charge < -0.3 is 14.7 Å². The maximum atomic E-state index is 13.0. The van der Waals surface area contributed by atoms with Crippen molar-refractivity contribution in [2.75, 3.05) is 0 Å². The van der Waals surface area contributed by atoms with E-state index >= 15 is 0 Å². The van der Waals surface area contributed by atoms with Crippen LogP contribution in [0.2, 0.25) is 0 Å². The molecule has 0 bridgehead atoms. The topological polar surface area (TPSA) is 75.1 Å². The van der Waals surface area contributed by atoms with Crippen LogP contribution in [0.5, 0.6) is 0 Å². The van der Waals surface area contributed by atoms with Crippen LogP contribution in [0, 0.1) is 6.92 Å². The molecule has 5 nitrogen and oxygen atoms in total. The molecule has 0 saturated heterocycles. The first kappa shape index (κ1) is 16.8. The van der Waals surface area contributed by atoms with Crippen LogP contribution in [-0.2, 0) is 6.54 Å². The van der Waals surface area contributed by atoms with Gasteiger partial charge in [0.15, 0.2) is 0 Å². The van der Waals surface area contributed by atoms with Crippen molar-refractivity contribution in [3.8, 4) is 11.1 Å². The fourth-order valence-corrected chi connectivity index (χ4v) is 3.31. The van der Waals surface area contributed by atoms with E-state index in [0.29, 0.717) is 12.1 Å². The summed E-state index contributed by atoms with van der Waals surface area (Å²) in [5, 5.41) is 9.91. The molecule has 0 aliphatic heterocycles. The van der Waals surface area contributed by atoms with Gasteiger partial charge in [-0.3, -0.25) is 4.79 Å². The summed E-state index contributed by atoms with van der Waals surface area (Å²) in [6, 6.07) is 18.8. The molecule has 0 unspecified atom stereocenters. The number of carbonyl (C=O) groups is 1. The van der Waals surface area contributed by atoms with Gasteiger partial charge >= 0.3 is 5.97 Å². The Morgan fingerprint density at radius 1 is 1.07 bits per heavy atom. The number of nitrogens with one attached hydrogen (secondary N) is 1. The lowest BCUT2D eigenvalue weighted by Gasteiger charge is -2.11. The van der Waals surface area contributed by atoms with Crippen LogP contribution in [0.1, 0.15) is 21.6 Å². The summed E-state index contributed by atoms with van der Waals surface area (Å²) in [6.45, 7) is 2.46. The molecule has 2 aromatic heterocycles. The average Bonchev–Trinajstić information content (AvgIpc) is 3.09. The van der Waals surface area contributed by atoms with Gasteiger partial charge in [0, 0.05) is 22.7 Å². The van der Waals surface area contributed by atoms with Crippen molar-refractivity contribution in [2.45, 2.75) is 13.5 Å². The lowest BCUT2D eigenvalue weighted by molar-refractivity contribution is 0.0691. The number of nitrogens with zero attached hydrogens (tertiary/aromatic N) is 1. The van der Waals surface area contributed by atoms with E-state index in [1.165, 1.54) is 0 Å². The highest BCUT2D eigenvalue weighted by Crippen LogP contribution is 2.24. The number of hydrogen-bond donors (Lipinski definition) is 2. The third kappa shape index (κ3) is 3.27. The number of benzene rings is 2. The van der Waals surface area contributed by atoms with Crippen molar-refractivity contribution in [3.63, 3.8) is 0 Å². The van der Waals surface area contributed by atoms with Gasteiger partial charge in [0.05, 0.1) is 6.54 Å². The summed E-state index contributed by atoms with van der Waals surface area (Å²) in [4.78, 5) is 27.1. The third-order valence-electron chi connectivity index (χ3n) is 4.58. The molecule has 4 rings (SSSR count). The molecule has 5 heteroatoms. The second-order valence-corrected chi connectivity index (χ2v) is 6.64. The van der Waals surface area contributed by atoms with Crippen LogP contribution < -0.4 is 5.56 Å². The molecule has 4 aromatic rings. The van der Waals surface area contributed by atoms with E-state index in [0.717, 1.165) is 27.6 Å². The first-order chi connectivity index (χ1) is 13.0. The molecule has 0 fully saturated rings. The molecule has 0 aliphatic carbocycles. The molecule has 0 amide bonds. The second-order valence-electron chi connectivity index (χ2n) is 6.64. The van der Waals surface area contributed by atoms with Crippen molar-refractivity contribution in [1.29, 1.82) is 0 Å². The molecule has 0 atom stereocenters. The first-order valence-electron chi connectivity index (χ1n) is 8.63. The van der Waals surface area contributed by atoms with Gasteiger partial charge in [-0.2, -0.15) is 0 Å². The molecule has 0 saturated carbocycles. The predicted octanol–water partition coefficient (Wildman–Crippen LogP) is 4.05. The summed E-state index contributed by atoms with van der Waals surface area (Å²) in [5.74, 6) is -1.01. The highest BCUT2D eigenvalue weighted by molar-refractivity contribution is 5.95. The average molecular weight is 358 g/mol. The van der Waals surface area contributed by atoms with E-state index in [9.17, 15) is 9.59 Å². The van der Waals surface area contributed by atoms with E-state index in [1.807, 2.05) is 61.7 Å². The normalized spacial score (nSPS) is 11.0. The smallest absolute Gasteiger partial charge is 0.352 e. The number of hydrogen-bond acceptors (Lipinski definition) is 2. The second kappa shape index (κ2) is 6.61. The third-order valence-corrected chi connectivity index (χ3v) is 4.58. The van der Waals surface area contributed by atoms with Crippen LogP contribution in [0.4, 0.5) is 0 Å². The van der Waals surface area contributed by atoms with Gasteiger partial charge in [0.1, 0.15) is 5.69 Å². The van der Waals surface area contributed by atoms with Crippen molar-refractivity contribution in [3.05, 3.63) is 94.0 Å². The highest BCUT2D eigenvalue weighted by Gasteiger charge is 2.12. The van der Waals surface area contributed by atoms with Gasteiger partial charge in [0.2, 0.25) is 0 Å². The minimum absolute atomic E-state index is 0.0715. The zero-order valence-corrected chi connectivity index (χ0v) is 14.8. The Morgan fingerprint density at radius 2 is 1.85 bits per heavy atom. The zero-order valence-electron chi connectivity index (χ0n) is 14.8. The monoisotopic (exact) mass is 358 g/mol. The largest absolute Gasteiger partial charge is 0.477 e. The molecule has 0 aliphatic rings. The Hall–Kier alpha value is -3.60. The maximum absolute atomic E-state index is 13.0. The standard InChI is InChI=1S/C22H18N2O3/c1-14-9-18(21(25)24(12-14)13-15-5-3-2-4-6-15)16-7-8-19-17(10-16)11-20(23-19)22(26)27/h2-12,23H,13H2,1H3,(H,26,27). The number of pyridine rings is 1. The van der Waals surface area contributed by atoms with Gasteiger partial charge in [-0.15, -0.1) is 0 Å². The number of fused-ring (bicyclic) bond motifs is 1. The van der Waals surface area contributed by atoms with Crippen LogP contribution in [0.15, 0.2) is 71.7 Å². The van der Waals surface area contributed by atoms with Gasteiger partial charge in [-0.05, 0) is 47.9 Å². The molecular formula is C22H18N2O3. The quantitative estimate of drug-likeness (QED) is 0.578. The van der Waals surface area contributed by atoms with E-state index in [2.05, 4.69) is 4.98 Å². The Morgan fingerprint density at radius 3 is 2.59 bits per heavy atom. The van der Waals surface area contributed by atoms with Crippen molar-refractivity contribution in [1.82, 2.24) is 9.55 Å². The van der Waals surface area contributed by atoms with Crippen LogP contribution in [0.25, 0.3) is 22.0 Å². The number of carboxylic acid groups (broad SMARTS) is 1. The molecule has 27 heavy (non-hydrogen) atoms. The number of H-pyrrole nitrogens is 1. The fraction of sp³-hybridized carbons (Fsp3) is 0.0909. The Balaban J connectivity index is 1.80. The van der Waals surface area contributed by atoms with Crippen molar-refractivity contribution >= 4 is 16.9 Å². The summed E-state index contributed by atoms with van der Waals surface area (Å²) in [5.41, 5.74) is 4.21. The summed E-state index contributed by atoms with van der Waals surface area (Å²) >= 11 is 0. The number of rotatable bonds is 4. The highest BCUT2D eigenvalue weighted by atomic mass is 16.4. The predicted molar refractivity (Wildman–Crippen MR) is 105 cm³/mol. The maximum Gasteiger partial charge on any atom is 0.352 e. The van der Waals surface area contributed by atoms with Gasteiger partial charge in [-0.1, -0.05) is 36.4 Å². The number of aromatic nitrogens is 2. The molecule has 0 radical (unpaired) electrons. The first-order valence-corrected chi connectivity index (χ1v) is 8.63. The van der Waals surface area contributed by atoms with Crippen LogP contribution in [-0.4, -0.2) is 20.6 Å². The van der Waals surface area contributed by atoms with Gasteiger partial charge in [0.25, 0.3) is 5.56 Å².